The van der Waals surface area contributed by atoms with Gasteiger partial charge in [0.05, 0.1) is 5.56 Å². The number of nitrogens with one attached hydrogen (secondary N) is 3. The second-order valence-electron chi connectivity index (χ2n) is 7.17. The summed E-state index contributed by atoms with van der Waals surface area (Å²) < 4.78 is 13.8. The largest absolute Gasteiger partial charge is 0.340 e. The summed E-state index contributed by atoms with van der Waals surface area (Å²) in [6, 6.07) is 18.5. The second kappa shape index (κ2) is 9.22. The molecule has 0 saturated carbocycles. The molecule has 0 fully saturated rings. The first-order valence-corrected chi connectivity index (χ1v) is 9.94. The molecule has 0 spiro atoms. The van der Waals surface area contributed by atoms with Crippen LogP contribution in [0.25, 0.3) is 0 Å². The van der Waals surface area contributed by atoms with Crippen molar-refractivity contribution in [3.63, 3.8) is 0 Å². The molecule has 2 aromatic carbocycles. The Morgan fingerprint density at radius 2 is 1.50 bits per heavy atom. The summed E-state index contributed by atoms with van der Waals surface area (Å²) in [7, 11) is 0. The molecule has 4 aromatic rings. The number of carbonyl (C=O) groups excluding carboxylic acids is 1. The molecule has 160 valence electrons. The van der Waals surface area contributed by atoms with Crippen molar-refractivity contribution in [3.8, 4) is 0 Å². The molecule has 0 unspecified atom stereocenters. The zero-order chi connectivity index (χ0) is 22.5. The monoisotopic (exact) mass is 428 g/mol. The first kappa shape index (κ1) is 20.9. The molecule has 1 amide bonds. The van der Waals surface area contributed by atoms with E-state index in [0.717, 1.165) is 11.3 Å². The summed E-state index contributed by atoms with van der Waals surface area (Å²) in [6.07, 6.45) is 1.73. The molecule has 0 bridgehead atoms. The van der Waals surface area contributed by atoms with Crippen LogP contribution >= 0.6 is 0 Å². The van der Waals surface area contributed by atoms with Crippen molar-refractivity contribution >= 4 is 34.7 Å². The number of pyridine rings is 1. The number of aryl methyl sites for hydroxylation is 2. The summed E-state index contributed by atoms with van der Waals surface area (Å²) >= 11 is 0. The molecule has 0 aliphatic rings. The molecule has 32 heavy (non-hydrogen) atoms. The first-order chi connectivity index (χ1) is 15.5. The number of halogens is 1. The molecular weight excluding hydrogens is 407 g/mol. The number of nitrogens with zero attached hydrogens (tertiary/aromatic N) is 3. The van der Waals surface area contributed by atoms with Crippen LogP contribution in [0, 0.1) is 19.7 Å². The zero-order valence-electron chi connectivity index (χ0n) is 17.6. The number of amides is 1. The number of aromatic nitrogens is 3. The highest BCUT2D eigenvalue weighted by molar-refractivity contribution is 6.04. The van der Waals surface area contributed by atoms with Crippen LogP contribution < -0.4 is 16.0 Å². The Hall–Kier alpha value is -4.33. The Morgan fingerprint density at radius 1 is 0.812 bits per heavy atom. The van der Waals surface area contributed by atoms with E-state index in [-0.39, 0.29) is 5.56 Å². The highest BCUT2D eigenvalue weighted by Crippen LogP contribution is 2.22. The minimum atomic E-state index is -0.562. The predicted molar refractivity (Wildman–Crippen MR) is 123 cm³/mol. The summed E-state index contributed by atoms with van der Waals surface area (Å²) in [5, 5.41) is 9.09. The van der Waals surface area contributed by atoms with Gasteiger partial charge in [0.2, 0.25) is 0 Å². The van der Waals surface area contributed by atoms with Gasteiger partial charge in [0.15, 0.2) is 0 Å². The molecule has 0 aliphatic heterocycles. The summed E-state index contributed by atoms with van der Waals surface area (Å²) in [5.74, 6) is 1.45. The third-order valence-corrected chi connectivity index (χ3v) is 4.54. The maximum absolute atomic E-state index is 13.8. The van der Waals surface area contributed by atoms with E-state index in [1.807, 2.05) is 19.1 Å². The van der Waals surface area contributed by atoms with Crippen LogP contribution in [0.3, 0.4) is 0 Å². The van der Waals surface area contributed by atoms with E-state index < -0.39 is 11.7 Å². The smallest absolute Gasteiger partial charge is 0.258 e. The van der Waals surface area contributed by atoms with E-state index in [9.17, 15) is 9.18 Å². The molecule has 3 N–H and O–H groups in total. The molecule has 4 rings (SSSR count). The number of rotatable bonds is 6. The van der Waals surface area contributed by atoms with Gasteiger partial charge in [-0.3, -0.25) is 4.79 Å². The van der Waals surface area contributed by atoms with Gasteiger partial charge in [0, 0.05) is 23.6 Å². The van der Waals surface area contributed by atoms with Gasteiger partial charge < -0.3 is 16.0 Å². The standard InChI is InChI=1S/C24H21FN6O/c1-15-11-12-26-21(13-15)31-23-14-22(27-16(2)28-23)29-17-7-9-18(10-8-17)30-24(32)19-5-3-4-6-20(19)25/h3-14H,1-2H3,(H,30,32)(H2,26,27,28,29,31). The highest BCUT2D eigenvalue weighted by Gasteiger charge is 2.11. The van der Waals surface area contributed by atoms with E-state index in [0.29, 0.717) is 29.0 Å². The lowest BCUT2D eigenvalue weighted by Gasteiger charge is -2.11. The third kappa shape index (κ3) is 5.23. The summed E-state index contributed by atoms with van der Waals surface area (Å²) in [4.78, 5) is 25.4. The third-order valence-electron chi connectivity index (χ3n) is 4.54. The Labute approximate surface area is 184 Å². The fourth-order valence-corrected chi connectivity index (χ4v) is 3.06. The molecular formula is C24H21FN6O. The first-order valence-electron chi connectivity index (χ1n) is 9.94. The quantitative estimate of drug-likeness (QED) is 0.383. The van der Waals surface area contributed by atoms with Gasteiger partial charge in [-0.05, 0) is 67.9 Å². The molecule has 7 nitrogen and oxygen atoms in total. The maximum atomic E-state index is 13.8. The van der Waals surface area contributed by atoms with Gasteiger partial charge in [0.25, 0.3) is 5.91 Å². The van der Waals surface area contributed by atoms with Gasteiger partial charge in [-0.1, -0.05) is 12.1 Å². The van der Waals surface area contributed by atoms with Crippen molar-refractivity contribution < 1.29 is 9.18 Å². The minimum absolute atomic E-state index is 0.00529. The average Bonchev–Trinajstić information content (AvgIpc) is 2.75. The normalized spacial score (nSPS) is 10.5. The van der Waals surface area contributed by atoms with Gasteiger partial charge in [-0.25, -0.2) is 19.3 Å². The van der Waals surface area contributed by atoms with Crippen LogP contribution in [-0.4, -0.2) is 20.9 Å². The van der Waals surface area contributed by atoms with Crippen LogP contribution in [0.15, 0.2) is 72.9 Å². The van der Waals surface area contributed by atoms with Crippen LogP contribution in [0.2, 0.25) is 0 Å². The van der Waals surface area contributed by atoms with Gasteiger partial charge in [-0.2, -0.15) is 0 Å². The number of benzene rings is 2. The number of hydrogen-bond donors (Lipinski definition) is 3. The van der Waals surface area contributed by atoms with Crippen LogP contribution in [0.5, 0.6) is 0 Å². The maximum Gasteiger partial charge on any atom is 0.258 e. The molecule has 0 saturated heterocycles. The van der Waals surface area contributed by atoms with E-state index >= 15 is 0 Å². The van der Waals surface area contributed by atoms with Gasteiger partial charge >= 0.3 is 0 Å². The Balaban J connectivity index is 1.44. The molecule has 2 aromatic heterocycles. The van der Waals surface area contributed by atoms with Gasteiger partial charge in [-0.15, -0.1) is 0 Å². The SMILES string of the molecule is Cc1ccnc(Nc2cc(Nc3ccc(NC(=O)c4ccccc4F)cc3)nc(C)n2)c1. The molecule has 0 aliphatic carbocycles. The van der Waals surface area contributed by atoms with Crippen molar-refractivity contribution in [1.82, 2.24) is 15.0 Å². The molecule has 2 heterocycles. The van der Waals surface area contributed by atoms with Crippen molar-refractivity contribution in [2.75, 3.05) is 16.0 Å². The van der Waals surface area contributed by atoms with Gasteiger partial charge in [0.1, 0.15) is 29.1 Å². The molecule has 0 radical (unpaired) electrons. The number of anilines is 5. The lowest BCUT2D eigenvalue weighted by molar-refractivity contribution is 0.102. The zero-order valence-corrected chi connectivity index (χ0v) is 17.6. The van der Waals surface area contributed by atoms with Crippen LogP contribution in [0.1, 0.15) is 21.7 Å². The number of carbonyl (C=O) groups is 1. The number of hydrogen-bond acceptors (Lipinski definition) is 6. The van der Waals surface area contributed by atoms with Crippen LogP contribution in [0.4, 0.5) is 33.2 Å². The Kier molecular flexibility index (Phi) is 6.03. The summed E-state index contributed by atoms with van der Waals surface area (Å²) in [6.45, 7) is 3.80. The van der Waals surface area contributed by atoms with Crippen molar-refractivity contribution in [1.29, 1.82) is 0 Å². The summed E-state index contributed by atoms with van der Waals surface area (Å²) in [5.41, 5.74) is 2.41. The van der Waals surface area contributed by atoms with E-state index in [4.69, 9.17) is 0 Å². The minimum Gasteiger partial charge on any atom is -0.340 e. The second-order valence-corrected chi connectivity index (χ2v) is 7.17. The Morgan fingerprint density at radius 3 is 2.22 bits per heavy atom. The van der Waals surface area contributed by atoms with E-state index in [1.54, 1.807) is 55.6 Å². The molecule has 8 heteroatoms. The van der Waals surface area contributed by atoms with Crippen molar-refractivity contribution in [2.24, 2.45) is 0 Å². The lowest BCUT2D eigenvalue weighted by atomic mass is 10.2. The predicted octanol–water partition coefficient (Wildman–Crippen LogP) is 5.37. The van der Waals surface area contributed by atoms with E-state index in [2.05, 4.69) is 30.9 Å². The fourth-order valence-electron chi connectivity index (χ4n) is 3.06. The average molecular weight is 428 g/mol. The Bertz CT molecular complexity index is 1260. The highest BCUT2D eigenvalue weighted by atomic mass is 19.1. The molecule has 0 atom stereocenters. The lowest BCUT2D eigenvalue weighted by Crippen LogP contribution is -2.13. The topological polar surface area (TPSA) is 91.8 Å². The van der Waals surface area contributed by atoms with Crippen molar-refractivity contribution in [3.05, 3.63) is 95.7 Å². The van der Waals surface area contributed by atoms with Crippen LogP contribution in [-0.2, 0) is 0 Å². The van der Waals surface area contributed by atoms with Crippen molar-refractivity contribution in [2.45, 2.75) is 13.8 Å². The fraction of sp³-hybridized carbons (Fsp3) is 0.0833. The van der Waals surface area contributed by atoms with E-state index in [1.165, 1.54) is 12.1 Å².